The van der Waals surface area contributed by atoms with Crippen molar-refractivity contribution >= 4 is 27.0 Å². The number of nitrogens with one attached hydrogen (secondary N) is 1. The van der Waals surface area contributed by atoms with E-state index in [1.807, 2.05) is 107 Å². The average molecular weight is 890 g/mol. The number of ether oxygens (including phenoxy) is 5. The van der Waals surface area contributed by atoms with E-state index in [0.29, 0.717) is 23.7 Å². The number of hydrogen-bond acceptors (Lipinski definition) is 13. The van der Waals surface area contributed by atoms with Crippen molar-refractivity contribution < 1.29 is 32.7 Å². The summed E-state index contributed by atoms with van der Waals surface area (Å²) in [7, 11) is 3.15. The van der Waals surface area contributed by atoms with Crippen molar-refractivity contribution in [1.82, 2.24) is 14.2 Å². The van der Waals surface area contributed by atoms with E-state index in [2.05, 4.69) is 48.7 Å². The van der Waals surface area contributed by atoms with Crippen LogP contribution >= 0.6 is 21.2 Å². The summed E-state index contributed by atoms with van der Waals surface area (Å²) >= 11 is 4.88. The molecule has 2 heterocycles. The average Bonchev–Trinajstić information content (AvgIpc) is 3.55. The lowest BCUT2D eigenvalue weighted by atomic mass is 9.80. The summed E-state index contributed by atoms with van der Waals surface area (Å²) in [6.07, 6.45) is -1.21. The zero-order chi connectivity index (χ0) is 45.2. The van der Waals surface area contributed by atoms with Crippen LogP contribution < -0.4 is 20.5 Å². The Bertz CT molecular complexity index is 2050. The zero-order valence-electron chi connectivity index (χ0n) is 37.9. The van der Waals surface area contributed by atoms with Crippen molar-refractivity contribution in [1.29, 1.82) is 5.26 Å². The van der Waals surface area contributed by atoms with Gasteiger partial charge in [-0.25, -0.2) is 9.46 Å². The minimum absolute atomic E-state index is 0.00795. The maximum absolute atomic E-state index is 13.9. The van der Waals surface area contributed by atoms with Crippen LogP contribution in [-0.4, -0.2) is 89.4 Å². The number of hydrogen-bond donors (Lipinski definition) is 2. The Labute approximate surface area is 374 Å². The topological polar surface area (TPSA) is 139 Å². The zero-order valence-corrected chi connectivity index (χ0v) is 39.7. The van der Waals surface area contributed by atoms with E-state index < -0.39 is 54.7 Å². The van der Waals surface area contributed by atoms with Gasteiger partial charge in [-0.1, -0.05) is 68.4 Å². The first-order valence-corrected chi connectivity index (χ1v) is 22.6. The van der Waals surface area contributed by atoms with Gasteiger partial charge in [0, 0.05) is 30.1 Å². The van der Waals surface area contributed by atoms with Crippen molar-refractivity contribution in [2.24, 2.45) is 0 Å². The van der Waals surface area contributed by atoms with Gasteiger partial charge in [0.15, 0.2) is 6.23 Å². The first-order valence-electron chi connectivity index (χ1n) is 21.0. The van der Waals surface area contributed by atoms with E-state index in [0.717, 1.165) is 16.7 Å². The lowest BCUT2D eigenvalue weighted by molar-refractivity contribution is -0.141. The van der Waals surface area contributed by atoms with E-state index in [1.54, 1.807) is 33.5 Å². The fourth-order valence-electron chi connectivity index (χ4n) is 8.20. The SMILES string of the molecule is CNc1ccn(C2OC(COC(c3ccccc3)(c3ccc(OC)cc3)c3ccc(OC)cc3)C(OP(OCCC#N)N(C(C)C)C(C)C)C2OC(C)(C)CC(C)(C)S)c(=O)n1. The van der Waals surface area contributed by atoms with E-state index in [4.69, 9.17) is 45.4 Å². The fraction of sp³-hybridized carbons (Fsp3) is 0.511. The predicted molar refractivity (Wildman–Crippen MR) is 247 cm³/mol. The third-order valence-corrected chi connectivity index (χ3v) is 12.8. The second kappa shape index (κ2) is 21.6. The van der Waals surface area contributed by atoms with E-state index in [9.17, 15) is 10.1 Å². The Morgan fingerprint density at radius 2 is 1.45 bits per heavy atom. The third-order valence-electron chi connectivity index (χ3n) is 10.5. The molecule has 0 bridgehead atoms. The number of anilines is 1. The summed E-state index contributed by atoms with van der Waals surface area (Å²) < 4.78 is 49.8. The van der Waals surface area contributed by atoms with Gasteiger partial charge in [0.25, 0.3) is 8.53 Å². The monoisotopic (exact) mass is 889 g/mol. The van der Waals surface area contributed by atoms with Crippen molar-refractivity contribution in [3.8, 4) is 17.6 Å². The number of nitriles is 1. The van der Waals surface area contributed by atoms with Crippen LogP contribution in [0, 0.1) is 11.3 Å². The van der Waals surface area contributed by atoms with Crippen LogP contribution in [0.4, 0.5) is 5.82 Å². The number of benzene rings is 3. The number of aromatic nitrogens is 2. The van der Waals surface area contributed by atoms with Gasteiger partial charge in [0.05, 0.1) is 45.5 Å². The van der Waals surface area contributed by atoms with Crippen LogP contribution in [0.3, 0.4) is 0 Å². The van der Waals surface area contributed by atoms with Gasteiger partial charge in [-0.2, -0.15) is 22.9 Å². The predicted octanol–water partition coefficient (Wildman–Crippen LogP) is 9.13. The molecule has 1 saturated heterocycles. The van der Waals surface area contributed by atoms with Gasteiger partial charge in [-0.15, -0.1) is 0 Å². The van der Waals surface area contributed by atoms with Crippen molar-refractivity contribution in [3.63, 3.8) is 0 Å². The first-order chi connectivity index (χ1) is 29.5. The van der Waals surface area contributed by atoms with Crippen LogP contribution in [0.25, 0.3) is 0 Å². The van der Waals surface area contributed by atoms with Crippen molar-refractivity contribution in [2.75, 3.05) is 39.8 Å². The second-order valence-corrected chi connectivity index (χ2v) is 19.7. The highest BCUT2D eigenvalue weighted by Crippen LogP contribution is 2.52. The summed E-state index contributed by atoms with van der Waals surface area (Å²) in [6, 6.07) is 29.6. The Morgan fingerprint density at radius 3 is 1.94 bits per heavy atom. The number of nitrogens with zero attached hydrogens (tertiary/aromatic N) is 4. The molecule has 5 atom stereocenters. The molecule has 0 radical (unpaired) electrons. The molecule has 1 aromatic heterocycles. The lowest BCUT2D eigenvalue weighted by Gasteiger charge is -2.41. The molecule has 1 aliphatic rings. The van der Waals surface area contributed by atoms with Crippen LogP contribution in [0.15, 0.2) is 95.9 Å². The second-order valence-electron chi connectivity index (χ2n) is 17.1. The van der Waals surface area contributed by atoms with Crippen molar-refractivity contribution in [3.05, 3.63) is 118 Å². The van der Waals surface area contributed by atoms with Crippen LogP contribution in [0.1, 0.15) is 91.1 Å². The molecule has 3 aromatic carbocycles. The number of methoxy groups -OCH3 is 2. The van der Waals surface area contributed by atoms with E-state index in [1.165, 1.54) is 4.57 Å². The van der Waals surface area contributed by atoms with Crippen LogP contribution in [0.2, 0.25) is 0 Å². The molecular formula is C47H64N5O8PS. The van der Waals surface area contributed by atoms with Gasteiger partial charge in [-0.3, -0.25) is 4.57 Å². The lowest BCUT2D eigenvalue weighted by Crippen LogP contribution is -2.47. The molecular weight excluding hydrogens is 826 g/mol. The quantitative estimate of drug-likeness (QED) is 0.0337. The molecule has 5 rings (SSSR count). The highest BCUT2D eigenvalue weighted by atomic mass is 32.1. The van der Waals surface area contributed by atoms with Crippen LogP contribution in [-0.2, 0) is 28.9 Å². The highest BCUT2D eigenvalue weighted by Gasteiger charge is 2.53. The normalized spacial score (nSPS) is 18.9. The van der Waals surface area contributed by atoms with Gasteiger partial charge < -0.3 is 38.0 Å². The largest absolute Gasteiger partial charge is 0.497 e. The van der Waals surface area contributed by atoms with Gasteiger partial charge in [0.1, 0.15) is 41.2 Å². The summed E-state index contributed by atoms with van der Waals surface area (Å²) in [5.74, 6) is 1.80. The Morgan fingerprint density at radius 1 is 0.887 bits per heavy atom. The fourth-order valence-corrected chi connectivity index (χ4v) is 10.3. The number of thiol groups is 1. The van der Waals surface area contributed by atoms with Crippen molar-refractivity contribution in [2.45, 2.75) is 121 Å². The molecule has 5 unspecified atom stereocenters. The molecule has 1 fully saturated rings. The van der Waals surface area contributed by atoms with Crippen LogP contribution in [0.5, 0.6) is 11.5 Å². The summed E-state index contributed by atoms with van der Waals surface area (Å²) in [5, 5.41) is 12.5. The molecule has 1 N–H and O–H groups in total. The Kier molecular flexibility index (Phi) is 17.0. The summed E-state index contributed by atoms with van der Waals surface area (Å²) in [5.41, 5.74) is 0.0298. The van der Waals surface area contributed by atoms with E-state index >= 15 is 0 Å². The first kappa shape index (κ1) is 49.0. The molecule has 0 saturated carbocycles. The molecule has 0 spiro atoms. The van der Waals surface area contributed by atoms with Gasteiger partial charge >= 0.3 is 5.69 Å². The molecule has 62 heavy (non-hydrogen) atoms. The molecule has 13 nitrogen and oxygen atoms in total. The van der Waals surface area contributed by atoms with Gasteiger partial charge in [-0.05, 0) is 95.0 Å². The third kappa shape index (κ3) is 11.9. The molecule has 0 amide bonds. The molecule has 1 aliphatic heterocycles. The number of rotatable bonds is 22. The molecule has 0 aliphatic carbocycles. The minimum Gasteiger partial charge on any atom is -0.497 e. The van der Waals surface area contributed by atoms with Gasteiger partial charge in [0.2, 0.25) is 0 Å². The maximum atomic E-state index is 13.9. The molecule has 336 valence electrons. The Hall–Kier alpha value is -4.03. The maximum Gasteiger partial charge on any atom is 0.351 e. The smallest absolute Gasteiger partial charge is 0.351 e. The molecule has 4 aromatic rings. The minimum atomic E-state index is -1.82. The summed E-state index contributed by atoms with van der Waals surface area (Å²) in [4.78, 5) is 18.2. The summed E-state index contributed by atoms with van der Waals surface area (Å²) in [6.45, 7) is 16.5. The standard InChI is InChI=1S/C47H64N5O8PS/c1-32(2)52(33(3)4)61(57-29-15-27-48)60-41-39(58-43(51-28-26-40(49-9)50-44(51)53)42(41)59-45(5,6)31-46(7,8)62)30-56-47(34-16-13-12-14-17-34,35-18-22-37(54-10)23-19-35)36-20-24-38(55-11)25-21-36/h12-14,16-26,28,32-33,39,41-43,62H,15,29-31H2,1-11H3,(H,49,50,53). The van der Waals surface area contributed by atoms with E-state index in [-0.39, 0.29) is 31.7 Å². The Balaban J connectivity index is 1.73. The highest BCUT2D eigenvalue weighted by molar-refractivity contribution is 7.81. The molecule has 15 heteroatoms.